The van der Waals surface area contributed by atoms with E-state index in [4.69, 9.17) is 0 Å². The van der Waals surface area contributed by atoms with Crippen molar-refractivity contribution >= 4 is 36.4 Å². The number of imidazole rings is 1. The van der Waals surface area contributed by atoms with Crippen LogP contribution in [0.1, 0.15) is 17.4 Å². The van der Waals surface area contributed by atoms with Crippen LogP contribution in [0, 0.1) is 0 Å². The number of carbonyl (C=O) groups excluding carboxylic acids is 1. The predicted octanol–water partition coefficient (Wildman–Crippen LogP) is 1.61. The SMILES string of the molecule is C[C@H]1CNCCN1C(=O)c1cn2ccccc2n1.Cl.Cl. The van der Waals surface area contributed by atoms with Crippen molar-refractivity contribution in [1.82, 2.24) is 19.6 Å². The van der Waals surface area contributed by atoms with Crippen LogP contribution in [0.4, 0.5) is 0 Å². The van der Waals surface area contributed by atoms with Crippen LogP contribution < -0.4 is 5.32 Å². The number of nitrogens with one attached hydrogen (secondary N) is 1. The van der Waals surface area contributed by atoms with E-state index in [0.717, 1.165) is 25.3 Å². The van der Waals surface area contributed by atoms with E-state index < -0.39 is 0 Å². The molecule has 1 N–H and O–H groups in total. The van der Waals surface area contributed by atoms with Crippen LogP contribution in [0.3, 0.4) is 0 Å². The zero-order valence-corrected chi connectivity index (χ0v) is 12.8. The van der Waals surface area contributed by atoms with Crippen molar-refractivity contribution in [2.24, 2.45) is 0 Å². The third kappa shape index (κ3) is 3.06. The Morgan fingerprint density at radius 2 is 2.20 bits per heavy atom. The van der Waals surface area contributed by atoms with Crippen LogP contribution in [-0.4, -0.2) is 45.9 Å². The number of halogens is 2. The van der Waals surface area contributed by atoms with Crippen LogP contribution in [0.15, 0.2) is 30.6 Å². The number of amides is 1. The molecule has 110 valence electrons. The van der Waals surface area contributed by atoms with E-state index in [-0.39, 0.29) is 36.8 Å². The second-order valence-electron chi connectivity index (χ2n) is 4.64. The summed E-state index contributed by atoms with van der Waals surface area (Å²) in [4.78, 5) is 18.7. The summed E-state index contributed by atoms with van der Waals surface area (Å²) >= 11 is 0. The molecular formula is C13H18Cl2N4O. The van der Waals surface area contributed by atoms with E-state index >= 15 is 0 Å². The molecule has 1 atom stereocenters. The first-order chi connectivity index (χ1) is 8.75. The standard InChI is InChI=1S/C13H16N4O.2ClH/c1-10-8-14-5-7-17(10)13(18)11-9-16-6-3-2-4-12(16)15-11;;/h2-4,6,9-10,14H,5,7-8H2,1H3;2*1H/t10-;;/m0../s1. The van der Waals surface area contributed by atoms with Gasteiger partial charge in [0.05, 0.1) is 0 Å². The highest BCUT2D eigenvalue weighted by molar-refractivity contribution is 5.93. The molecule has 0 unspecified atom stereocenters. The van der Waals surface area contributed by atoms with E-state index in [2.05, 4.69) is 17.2 Å². The molecule has 0 radical (unpaired) electrons. The zero-order valence-electron chi connectivity index (χ0n) is 11.2. The first-order valence-electron chi connectivity index (χ1n) is 6.21. The summed E-state index contributed by atoms with van der Waals surface area (Å²) < 4.78 is 1.88. The number of hydrogen-bond donors (Lipinski definition) is 1. The van der Waals surface area contributed by atoms with Crippen molar-refractivity contribution in [3.63, 3.8) is 0 Å². The summed E-state index contributed by atoms with van der Waals surface area (Å²) in [5.74, 6) is 0.0210. The summed E-state index contributed by atoms with van der Waals surface area (Å²) in [5, 5.41) is 3.28. The van der Waals surface area contributed by atoms with Gasteiger partial charge in [-0.15, -0.1) is 24.8 Å². The van der Waals surface area contributed by atoms with Gasteiger partial charge in [-0.05, 0) is 19.1 Å². The number of pyridine rings is 1. The molecule has 5 nitrogen and oxygen atoms in total. The molecule has 0 bridgehead atoms. The Hall–Kier alpha value is -1.30. The lowest BCUT2D eigenvalue weighted by atomic mass is 10.2. The Balaban J connectivity index is 0.000001000. The van der Waals surface area contributed by atoms with E-state index in [1.54, 1.807) is 6.20 Å². The highest BCUT2D eigenvalue weighted by Crippen LogP contribution is 2.11. The van der Waals surface area contributed by atoms with Crippen molar-refractivity contribution in [3.05, 3.63) is 36.3 Å². The van der Waals surface area contributed by atoms with Crippen molar-refractivity contribution in [2.45, 2.75) is 13.0 Å². The summed E-state index contributed by atoms with van der Waals surface area (Å²) in [5.41, 5.74) is 1.33. The largest absolute Gasteiger partial charge is 0.332 e. The van der Waals surface area contributed by atoms with Crippen LogP contribution >= 0.6 is 24.8 Å². The van der Waals surface area contributed by atoms with Gasteiger partial charge < -0.3 is 14.6 Å². The normalized spacial score (nSPS) is 18.2. The lowest BCUT2D eigenvalue weighted by Gasteiger charge is -2.33. The van der Waals surface area contributed by atoms with Crippen molar-refractivity contribution in [1.29, 1.82) is 0 Å². The van der Waals surface area contributed by atoms with E-state index in [0.29, 0.717) is 5.69 Å². The molecule has 0 spiro atoms. The van der Waals surface area contributed by atoms with Crippen molar-refractivity contribution in [3.8, 4) is 0 Å². The van der Waals surface area contributed by atoms with Crippen LogP contribution in [0.2, 0.25) is 0 Å². The molecule has 1 fully saturated rings. The Labute approximate surface area is 130 Å². The minimum Gasteiger partial charge on any atom is -0.332 e. The van der Waals surface area contributed by atoms with E-state index in [1.807, 2.05) is 33.7 Å². The highest BCUT2D eigenvalue weighted by Gasteiger charge is 2.25. The minimum absolute atomic E-state index is 0. The predicted molar refractivity (Wildman–Crippen MR) is 83.1 cm³/mol. The minimum atomic E-state index is 0. The maximum absolute atomic E-state index is 12.4. The molecule has 1 saturated heterocycles. The average Bonchev–Trinajstić information content (AvgIpc) is 2.82. The Bertz CT molecular complexity index is 554. The molecule has 20 heavy (non-hydrogen) atoms. The quantitative estimate of drug-likeness (QED) is 0.869. The van der Waals surface area contributed by atoms with Gasteiger partial charge in [0.25, 0.3) is 5.91 Å². The fourth-order valence-corrected chi connectivity index (χ4v) is 2.33. The Kier molecular flexibility index (Phi) is 5.80. The third-order valence-corrected chi connectivity index (χ3v) is 3.35. The molecule has 1 amide bonds. The smallest absolute Gasteiger partial charge is 0.274 e. The molecule has 0 aliphatic carbocycles. The Morgan fingerprint density at radius 3 is 2.90 bits per heavy atom. The van der Waals surface area contributed by atoms with Gasteiger partial charge in [0.2, 0.25) is 0 Å². The molecule has 2 aromatic rings. The number of piperazine rings is 1. The number of carbonyl (C=O) groups is 1. The number of nitrogens with zero attached hydrogens (tertiary/aromatic N) is 3. The second-order valence-corrected chi connectivity index (χ2v) is 4.64. The second kappa shape index (κ2) is 6.92. The van der Waals surface area contributed by atoms with Gasteiger partial charge in [-0.3, -0.25) is 4.79 Å². The van der Waals surface area contributed by atoms with Gasteiger partial charge in [-0.1, -0.05) is 6.07 Å². The fourth-order valence-electron chi connectivity index (χ4n) is 2.33. The van der Waals surface area contributed by atoms with Gasteiger partial charge in [-0.2, -0.15) is 0 Å². The van der Waals surface area contributed by atoms with Gasteiger partial charge in [0.1, 0.15) is 11.3 Å². The van der Waals surface area contributed by atoms with Crippen LogP contribution in [0.25, 0.3) is 5.65 Å². The first-order valence-corrected chi connectivity index (χ1v) is 6.21. The van der Waals surface area contributed by atoms with Gasteiger partial charge in [-0.25, -0.2) is 4.98 Å². The van der Waals surface area contributed by atoms with Crippen LogP contribution in [-0.2, 0) is 0 Å². The number of aromatic nitrogens is 2. The summed E-state index contributed by atoms with van der Waals surface area (Å²) in [6.07, 6.45) is 3.70. The number of rotatable bonds is 1. The van der Waals surface area contributed by atoms with Crippen molar-refractivity contribution < 1.29 is 4.79 Å². The molecule has 0 saturated carbocycles. The summed E-state index contributed by atoms with van der Waals surface area (Å²) in [6, 6.07) is 5.97. The monoisotopic (exact) mass is 316 g/mol. The number of fused-ring (bicyclic) bond motifs is 1. The third-order valence-electron chi connectivity index (χ3n) is 3.35. The van der Waals surface area contributed by atoms with Crippen LogP contribution in [0.5, 0.6) is 0 Å². The molecule has 2 aromatic heterocycles. The average molecular weight is 317 g/mol. The maximum Gasteiger partial charge on any atom is 0.274 e. The van der Waals surface area contributed by atoms with Gasteiger partial charge in [0.15, 0.2) is 0 Å². The molecular weight excluding hydrogens is 299 g/mol. The lowest BCUT2D eigenvalue weighted by Crippen LogP contribution is -2.52. The lowest BCUT2D eigenvalue weighted by molar-refractivity contribution is 0.0650. The van der Waals surface area contributed by atoms with Gasteiger partial charge in [0, 0.05) is 38.1 Å². The van der Waals surface area contributed by atoms with Gasteiger partial charge >= 0.3 is 0 Å². The molecule has 0 aromatic carbocycles. The molecule has 3 rings (SSSR count). The zero-order chi connectivity index (χ0) is 12.5. The molecule has 7 heteroatoms. The van der Waals surface area contributed by atoms with E-state index in [1.165, 1.54) is 0 Å². The Morgan fingerprint density at radius 1 is 1.40 bits per heavy atom. The number of hydrogen-bond acceptors (Lipinski definition) is 3. The maximum atomic E-state index is 12.4. The molecule has 3 heterocycles. The summed E-state index contributed by atoms with van der Waals surface area (Å²) in [7, 11) is 0. The van der Waals surface area contributed by atoms with Crippen molar-refractivity contribution in [2.75, 3.05) is 19.6 Å². The van der Waals surface area contributed by atoms with E-state index in [9.17, 15) is 4.79 Å². The topological polar surface area (TPSA) is 49.6 Å². The fraction of sp³-hybridized carbons (Fsp3) is 0.385. The summed E-state index contributed by atoms with van der Waals surface area (Å²) in [6.45, 7) is 4.50. The first kappa shape index (κ1) is 16.8. The highest BCUT2D eigenvalue weighted by atomic mass is 35.5. The molecule has 1 aliphatic heterocycles. The molecule has 1 aliphatic rings.